The van der Waals surface area contributed by atoms with Gasteiger partial charge in [0.1, 0.15) is 22.6 Å². The highest BCUT2D eigenvalue weighted by Gasteiger charge is 2.06. The molecule has 17 heavy (non-hydrogen) atoms. The third-order valence-electron chi connectivity index (χ3n) is 2.37. The Labute approximate surface area is 107 Å². The van der Waals surface area contributed by atoms with Crippen molar-refractivity contribution in [1.29, 1.82) is 0 Å². The molecule has 88 valence electrons. The summed E-state index contributed by atoms with van der Waals surface area (Å²) >= 11 is 3.28. The van der Waals surface area contributed by atoms with Gasteiger partial charge < -0.3 is 5.32 Å². The summed E-state index contributed by atoms with van der Waals surface area (Å²) in [6.45, 7) is 1.99. The minimum absolute atomic E-state index is 0.0531. The molecule has 1 atom stereocenters. The fourth-order valence-corrected chi connectivity index (χ4v) is 1.78. The minimum atomic E-state index is -0.231. The summed E-state index contributed by atoms with van der Waals surface area (Å²) in [5.41, 5.74) is 1.00. The molecule has 0 spiro atoms. The van der Waals surface area contributed by atoms with E-state index in [1.54, 1.807) is 18.2 Å². The average Bonchev–Trinajstić information content (AvgIpc) is 2.29. The van der Waals surface area contributed by atoms with Gasteiger partial charge in [-0.25, -0.2) is 14.4 Å². The van der Waals surface area contributed by atoms with E-state index in [0.29, 0.717) is 0 Å². The Morgan fingerprint density at radius 3 is 2.59 bits per heavy atom. The van der Waals surface area contributed by atoms with Crippen molar-refractivity contribution in [2.24, 2.45) is 0 Å². The molecular weight excluding hydrogens is 285 g/mol. The lowest BCUT2D eigenvalue weighted by molar-refractivity contribution is 0.626. The summed E-state index contributed by atoms with van der Waals surface area (Å²) in [7, 11) is 0. The Morgan fingerprint density at radius 2 is 1.94 bits per heavy atom. The monoisotopic (exact) mass is 295 g/mol. The molecule has 1 N–H and O–H groups in total. The largest absolute Gasteiger partial charge is 0.363 e. The van der Waals surface area contributed by atoms with Gasteiger partial charge in [0.15, 0.2) is 0 Å². The SMILES string of the molecule is CC(Nc1cc(Br)ncn1)c1ccc(F)cc1. The average molecular weight is 296 g/mol. The number of halogens is 2. The van der Waals surface area contributed by atoms with Gasteiger partial charge in [0.2, 0.25) is 0 Å². The molecule has 0 aliphatic rings. The lowest BCUT2D eigenvalue weighted by Crippen LogP contribution is -2.08. The Balaban J connectivity index is 2.11. The molecule has 0 saturated heterocycles. The highest BCUT2D eigenvalue weighted by molar-refractivity contribution is 9.10. The highest BCUT2D eigenvalue weighted by Crippen LogP contribution is 2.19. The molecule has 0 aliphatic carbocycles. The molecule has 2 rings (SSSR count). The molecule has 1 unspecified atom stereocenters. The third kappa shape index (κ3) is 3.23. The molecule has 0 saturated carbocycles. The van der Waals surface area contributed by atoms with Crippen molar-refractivity contribution in [2.45, 2.75) is 13.0 Å². The summed E-state index contributed by atoms with van der Waals surface area (Å²) in [5.74, 6) is 0.495. The van der Waals surface area contributed by atoms with Gasteiger partial charge in [-0.15, -0.1) is 0 Å². The summed E-state index contributed by atoms with van der Waals surface area (Å²) < 4.78 is 13.5. The van der Waals surface area contributed by atoms with Crippen molar-refractivity contribution in [3.05, 3.63) is 52.6 Å². The van der Waals surface area contributed by atoms with Crippen LogP contribution in [0, 0.1) is 5.82 Å². The van der Waals surface area contributed by atoms with Crippen molar-refractivity contribution < 1.29 is 4.39 Å². The van der Waals surface area contributed by atoms with Crippen molar-refractivity contribution in [3.8, 4) is 0 Å². The first-order chi connectivity index (χ1) is 8.15. The molecule has 5 heteroatoms. The molecular formula is C12H11BrFN3. The van der Waals surface area contributed by atoms with Crippen molar-refractivity contribution in [1.82, 2.24) is 9.97 Å². The second kappa shape index (κ2) is 5.23. The molecule has 1 heterocycles. The van der Waals surface area contributed by atoms with Gasteiger partial charge in [0.25, 0.3) is 0 Å². The Morgan fingerprint density at radius 1 is 1.24 bits per heavy atom. The van der Waals surface area contributed by atoms with Crippen LogP contribution in [0.1, 0.15) is 18.5 Å². The normalized spacial score (nSPS) is 12.2. The lowest BCUT2D eigenvalue weighted by Gasteiger charge is -2.14. The van der Waals surface area contributed by atoms with Crippen LogP contribution in [0.25, 0.3) is 0 Å². The van der Waals surface area contributed by atoms with E-state index in [1.807, 2.05) is 6.92 Å². The first-order valence-electron chi connectivity index (χ1n) is 5.14. The number of hydrogen-bond acceptors (Lipinski definition) is 3. The maximum Gasteiger partial charge on any atom is 0.130 e. The number of rotatable bonds is 3. The number of anilines is 1. The first-order valence-corrected chi connectivity index (χ1v) is 5.94. The fourth-order valence-electron chi connectivity index (χ4n) is 1.47. The standard InChI is InChI=1S/C12H11BrFN3/c1-8(9-2-4-10(14)5-3-9)17-12-6-11(13)15-7-16-12/h2-8H,1H3,(H,15,16,17). The van der Waals surface area contributed by atoms with E-state index in [9.17, 15) is 4.39 Å². The Hall–Kier alpha value is -1.49. The predicted octanol–water partition coefficient (Wildman–Crippen LogP) is 3.55. The van der Waals surface area contributed by atoms with Crippen LogP contribution in [-0.4, -0.2) is 9.97 Å². The Kier molecular flexibility index (Phi) is 3.68. The van der Waals surface area contributed by atoms with E-state index in [-0.39, 0.29) is 11.9 Å². The molecule has 0 radical (unpaired) electrons. The van der Waals surface area contributed by atoms with Crippen LogP contribution in [0.15, 0.2) is 41.3 Å². The number of benzene rings is 1. The van der Waals surface area contributed by atoms with E-state index in [4.69, 9.17) is 0 Å². The zero-order chi connectivity index (χ0) is 12.3. The van der Waals surface area contributed by atoms with Gasteiger partial charge in [-0.3, -0.25) is 0 Å². The first kappa shape index (κ1) is 12.0. The topological polar surface area (TPSA) is 37.8 Å². The zero-order valence-corrected chi connectivity index (χ0v) is 10.8. The maximum absolute atomic E-state index is 12.8. The molecule has 1 aromatic carbocycles. The van der Waals surface area contributed by atoms with Crippen molar-refractivity contribution in [2.75, 3.05) is 5.32 Å². The second-order valence-corrected chi connectivity index (χ2v) is 4.46. The zero-order valence-electron chi connectivity index (χ0n) is 9.19. The van der Waals surface area contributed by atoms with Gasteiger partial charge in [0, 0.05) is 12.1 Å². The van der Waals surface area contributed by atoms with Crippen molar-refractivity contribution >= 4 is 21.7 Å². The van der Waals surface area contributed by atoms with Gasteiger partial charge in [-0.05, 0) is 40.5 Å². The minimum Gasteiger partial charge on any atom is -0.363 e. The summed E-state index contributed by atoms with van der Waals surface area (Å²) in [6, 6.07) is 8.25. The summed E-state index contributed by atoms with van der Waals surface area (Å²) in [4.78, 5) is 8.04. The van der Waals surface area contributed by atoms with E-state index in [1.165, 1.54) is 18.5 Å². The van der Waals surface area contributed by atoms with E-state index >= 15 is 0 Å². The highest BCUT2D eigenvalue weighted by atomic mass is 79.9. The quantitative estimate of drug-likeness (QED) is 0.880. The van der Waals surface area contributed by atoms with Crippen LogP contribution in [0.5, 0.6) is 0 Å². The van der Waals surface area contributed by atoms with Crippen LogP contribution < -0.4 is 5.32 Å². The van der Waals surface area contributed by atoms with Crippen LogP contribution in [0.2, 0.25) is 0 Å². The fraction of sp³-hybridized carbons (Fsp3) is 0.167. The van der Waals surface area contributed by atoms with Crippen LogP contribution in [-0.2, 0) is 0 Å². The molecule has 1 aromatic heterocycles. The van der Waals surface area contributed by atoms with Gasteiger partial charge in [0.05, 0.1) is 0 Å². The van der Waals surface area contributed by atoms with Gasteiger partial charge in [-0.2, -0.15) is 0 Å². The third-order valence-corrected chi connectivity index (χ3v) is 2.80. The van der Waals surface area contributed by atoms with Crippen LogP contribution >= 0.6 is 15.9 Å². The van der Waals surface area contributed by atoms with Crippen LogP contribution in [0.4, 0.5) is 10.2 Å². The molecule has 2 aromatic rings. The lowest BCUT2D eigenvalue weighted by atomic mass is 10.1. The van der Waals surface area contributed by atoms with Gasteiger partial charge >= 0.3 is 0 Å². The predicted molar refractivity (Wildman–Crippen MR) is 68.2 cm³/mol. The van der Waals surface area contributed by atoms with Crippen LogP contribution in [0.3, 0.4) is 0 Å². The molecule has 3 nitrogen and oxygen atoms in total. The molecule has 0 bridgehead atoms. The number of nitrogens with zero attached hydrogens (tertiary/aromatic N) is 2. The van der Waals surface area contributed by atoms with Crippen molar-refractivity contribution in [3.63, 3.8) is 0 Å². The number of aromatic nitrogens is 2. The second-order valence-electron chi connectivity index (χ2n) is 3.64. The van der Waals surface area contributed by atoms with E-state index in [0.717, 1.165) is 16.0 Å². The van der Waals surface area contributed by atoms with E-state index in [2.05, 4.69) is 31.2 Å². The number of hydrogen-bond donors (Lipinski definition) is 1. The molecule has 0 fully saturated rings. The van der Waals surface area contributed by atoms with E-state index < -0.39 is 0 Å². The maximum atomic E-state index is 12.8. The summed E-state index contributed by atoms with van der Waals surface area (Å²) in [6.07, 6.45) is 1.48. The molecule has 0 aliphatic heterocycles. The Bertz CT molecular complexity index is 501. The van der Waals surface area contributed by atoms with Gasteiger partial charge in [-0.1, -0.05) is 12.1 Å². The summed E-state index contributed by atoms with van der Waals surface area (Å²) in [5, 5.41) is 3.21. The molecule has 0 amide bonds. The smallest absolute Gasteiger partial charge is 0.130 e. The number of nitrogens with one attached hydrogen (secondary N) is 1.